The average Bonchev–Trinajstić information content (AvgIpc) is 2.05. The summed E-state index contributed by atoms with van der Waals surface area (Å²) in [4.78, 5) is 0. The van der Waals surface area contributed by atoms with Crippen LogP contribution in [-0.4, -0.2) is 14.5 Å². The minimum Gasteiger partial charge on any atom is -0.254 e. The highest BCUT2D eigenvalue weighted by atomic mass is 32.2. The average molecular weight is 202 g/mol. The fourth-order valence-corrected chi connectivity index (χ4v) is 1.37. The van der Waals surface area contributed by atoms with Crippen LogP contribution in [0.1, 0.15) is 26.2 Å². The van der Waals surface area contributed by atoms with Crippen LogP contribution in [0, 0.1) is 22.0 Å². The van der Waals surface area contributed by atoms with Crippen LogP contribution in [0.25, 0.3) is 0 Å². The lowest BCUT2D eigenvalue weighted by Crippen LogP contribution is -2.16. The Morgan fingerprint density at radius 1 is 1.46 bits per heavy atom. The number of nitrogens with zero attached hydrogens (tertiary/aromatic N) is 2. The lowest BCUT2D eigenvalue weighted by molar-refractivity contribution is 0.206. The van der Waals surface area contributed by atoms with Crippen LogP contribution in [0.3, 0.4) is 0 Å². The molecule has 1 unspecified atom stereocenters. The van der Waals surface area contributed by atoms with Gasteiger partial charge in [0, 0.05) is 0 Å². The Morgan fingerprint density at radius 3 is 2.46 bits per heavy atom. The van der Waals surface area contributed by atoms with Crippen LogP contribution >= 0.6 is 0 Å². The Bertz CT molecular complexity index is 323. The number of thiocyanates is 1. The van der Waals surface area contributed by atoms with Gasteiger partial charge in [0.2, 0.25) is 5.40 Å². The van der Waals surface area contributed by atoms with Gasteiger partial charge in [0.15, 0.2) is 0 Å². The lowest BCUT2D eigenvalue weighted by atomic mass is 10.2. The van der Waals surface area contributed by atoms with Crippen molar-refractivity contribution < 1.29 is 12.6 Å². The predicted molar refractivity (Wildman–Crippen MR) is 44.5 cm³/mol. The van der Waals surface area contributed by atoms with E-state index in [1.807, 2.05) is 6.92 Å². The molecule has 13 heavy (non-hydrogen) atoms. The summed E-state index contributed by atoms with van der Waals surface area (Å²) in [6, 6.07) is 1.80. The Balaban J connectivity index is 4.29. The van der Waals surface area contributed by atoms with Crippen LogP contribution in [0.2, 0.25) is 0 Å². The maximum absolute atomic E-state index is 10.7. The standard InChI is InChI=1S/C7H10N2O3S/c1-2-3-7(4-5-8)12-13(10,11)6-9/h7H,2-4H2,1H3. The molecular formula is C7H10N2O3S. The van der Waals surface area contributed by atoms with E-state index in [2.05, 4.69) is 4.18 Å². The fourth-order valence-electron chi connectivity index (χ4n) is 0.809. The van der Waals surface area contributed by atoms with E-state index < -0.39 is 16.2 Å². The van der Waals surface area contributed by atoms with Crippen molar-refractivity contribution in [2.75, 3.05) is 0 Å². The van der Waals surface area contributed by atoms with Gasteiger partial charge in [-0.15, -0.1) is 0 Å². The van der Waals surface area contributed by atoms with Gasteiger partial charge in [-0.05, 0) is 6.42 Å². The molecule has 0 rings (SSSR count). The molecule has 0 aromatic carbocycles. The van der Waals surface area contributed by atoms with Crippen molar-refractivity contribution in [2.45, 2.75) is 32.3 Å². The molecule has 0 bridgehead atoms. The number of hydrogen-bond donors (Lipinski definition) is 0. The van der Waals surface area contributed by atoms with Gasteiger partial charge in [-0.3, -0.25) is 4.18 Å². The van der Waals surface area contributed by atoms with E-state index in [4.69, 9.17) is 10.5 Å². The van der Waals surface area contributed by atoms with Gasteiger partial charge in [0.05, 0.1) is 18.6 Å². The number of nitriles is 2. The Labute approximate surface area is 77.7 Å². The van der Waals surface area contributed by atoms with E-state index in [1.54, 1.807) is 6.07 Å². The SMILES string of the molecule is CCCC(CC#N)OS(=O)(=O)C#N. The van der Waals surface area contributed by atoms with E-state index in [1.165, 1.54) is 0 Å². The van der Waals surface area contributed by atoms with Crippen LogP contribution < -0.4 is 0 Å². The molecule has 0 aliphatic rings. The summed E-state index contributed by atoms with van der Waals surface area (Å²) in [5.41, 5.74) is 0. The molecule has 0 saturated carbocycles. The molecule has 0 aliphatic carbocycles. The van der Waals surface area contributed by atoms with Gasteiger partial charge >= 0.3 is 10.1 Å². The topological polar surface area (TPSA) is 90.9 Å². The Hall–Kier alpha value is -1.11. The molecule has 0 spiro atoms. The molecule has 0 amide bonds. The van der Waals surface area contributed by atoms with Gasteiger partial charge in [-0.2, -0.15) is 18.9 Å². The van der Waals surface area contributed by atoms with Crippen molar-refractivity contribution in [3.05, 3.63) is 0 Å². The molecule has 0 heterocycles. The molecule has 0 aromatic rings. The van der Waals surface area contributed by atoms with Crippen molar-refractivity contribution in [1.82, 2.24) is 0 Å². The first-order valence-electron chi connectivity index (χ1n) is 3.76. The zero-order valence-corrected chi connectivity index (χ0v) is 8.04. The minimum absolute atomic E-state index is 0.0191. The smallest absolute Gasteiger partial charge is 0.254 e. The first kappa shape index (κ1) is 11.9. The van der Waals surface area contributed by atoms with Crippen LogP contribution in [0.4, 0.5) is 0 Å². The maximum Gasteiger partial charge on any atom is 0.363 e. The summed E-state index contributed by atoms with van der Waals surface area (Å²) in [5.74, 6) is 0. The first-order chi connectivity index (χ1) is 6.05. The molecular weight excluding hydrogens is 192 g/mol. The molecule has 0 saturated heterocycles. The van der Waals surface area contributed by atoms with Crippen molar-refractivity contribution in [2.24, 2.45) is 0 Å². The summed E-state index contributed by atoms with van der Waals surface area (Å²) in [6.45, 7) is 1.84. The molecule has 0 N–H and O–H groups in total. The second-order valence-corrected chi connectivity index (χ2v) is 3.70. The molecule has 5 nitrogen and oxygen atoms in total. The van der Waals surface area contributed by atoms with Crippen LogP contribution in [-0.2, 0) is 14.3 Å². The van der Waals surface area contributed by atoms with Gasteiger partial charge in [0.25, 0.3) is 0 Å². The van der Waals surface area contributed by atoms with Crippen molar-refractivity contribution in [3.63, 3.8) is 0 Å². The highest BCUT2D eigenvalue weighted by Crippen LogP contribution is 2.09. The third-order valence-electron chi connectivity index (χ3n) is 1.30. The van der Waals surface area contributed by atoms with Gasteiger partial charge in [0.1, 0.15) is 0 Å². The predicted octanol–water partition coefficient (Wildman–Crippen LogP) is 0.896. The largest absolute Gasteiger partial charge is 0.363 e. The van der Waals surface area contributed by atoms with Crippen molar-refractivity contribution in [3.8, 4) is 11.5 Å². The minimum atomic E-state index is -4.11. The third-order valence-corrected chi connectivity index (χ3v) is 2.05. The Kier molecular flexibility index (Phi) is 5.05. The molecule has 6 heteroatoms. The van der Waals surface area contributed by atoms with Gasteiger partial charge in [-0.1, -0.05) is 13.3 Å². The van der Waals surface area contributed by atoms with E-state index in [0.29, 0.717) is 12.8 Å². The Morgan fingerprint density at radius 2 is 2.08 bits per heavy atom. The van der Waals surface area contributed by atoms with E-state index in [9.17, 15) is 8.42 Å². The van der Waals surface area contributed by atoms with Crippen molar-refractivity contribution >= 4 is 10.1 Å². The summed E-state index contributed by atoms with van der Waals surface area (Å²) in [5, 5.41) is 17.5. The normalized spacial score (nSPS) is 12.8. The van der Waals surface area contributed by atoms with Crippen molar-refractivity contribution in [1.29, 1.82) is 10.5 Å². The third kappa shape index (κ3) is 5.18. The first-order valence-corrected chi connectivity index (χ1v) is 5.17. The molecule has 0 aliphatic heterocycles. The van der Waals surface area contributed by atoms with E-state index in [-0.39, 0.29) is 6.42 Å². The lowest BCUT2D eigenvalue weighted by Gasteiger charge is -2.09. The van der Waals surface area contributed by atoms with Gasteiger partial charge in [-0.25, -0.2) is 0 Å². The highest BCUT2D eigenvalue weighted by molar-refractivity contribution is 7.91. The second-order valence-electron chi connectivity index (χ2n) is 2.41. The monoisotopic (exact) mass is 202 g/mol. The molecule has 0 aromatic heterocycles. The van der Waals surface area contributed by atoms with Crippen LogP contribution in [0.5, 0.6) is 0 Å². The summed E-state index contributed by atoms with van der Waals surface area (Å²) in [6.07, 6.45) is 0.441. The highest BCUT2D eigenvalue weighted by Gasteiger charge is 2.17. The number of rotatable bonds is 5. The zero-order valence-electron chi connectivity index (χ0n) is 7.23. The molecule has 0 radical (unpaired) electrons. The maximum atomic E-state index is 10.7. The van der Waals surface area contributed by atoms with E-state index in [0.717, 1.165) is 5.40 Å². The quantitative estimate of drug-likeness (QED) is 0.375. The molecule has 72 valence electrons. The zero-order chi connectivity index (χ0) is 10.3. The second kappa shape index (κ2) is 5.52. The summed E-state index contributed by atoms with van der Waals surface area (Å²) >= 11 is 0. The molecule has 1 atom stereocenters. The number of hydrogen-bond acceptors (Lipinski definition) is 5. The molecule has 0 fully saturated rings. The summed E-state index contributed by atoms with van der Waals surface area (Å²) < 4.78 is 25.8. The van der Waals surface area contributed by atoms with E-state index >= 15 is 0 Å². The van der Waals surface area contributed by atoms with Crippen LogP contribution in [0.15, 0.2) is 0 Å². The summed E-state index contributed by atoms with van der Waals surface area (Å²) in [7, 11) is -4.11. The van der Waals surface area contributed by atoms with Gasteiger partial charge < -0.3 is 0 Å². The fraction of sp³-hybridized carbons (Fsp3) is 0.714.